The van der Waals surface area contributed by atoms with E-state index in [4.69, 9.17) is 5.21 Å². The average Bonchev–Trinajstić information content (AvgIpc) is 2.37. The van der Waals surface area contributed by atoms with Crippen LogP contribution in [-0.2, 0) is 0 Å². The first-order chi connectivity index (χ1) is 5.24. The quantitative estimate of drug-likeness (QED) is 0.416. The molecular weight excluding hydrogens is 160 g/mol. The minimum atomic E-state index is 0.955. The molecular formula is C7H10N2OS. The smallest absolute Gasteiger partial charge is 0.0910 e. The lowest BCUT2D eigenvalue weighted by molar-refractivity contribution is 0.322. The van der Waals surface area contributed by atoms with E-state index in [0.29, 0.717) is 0 Å². The summed E-state index contributed by atoms with van der Waals surface area (Å²) in [5.41, 5.74) is 0. The maximum Gasteiger partial charge on any atom is 0.0910 e. The van der Waals surface area contributed by atoms with Gasteiger partial charge in [0.25, 0.3) is 0 Å². The zero-order chi connectivity index (χ0) is 8.27. The van der Waals surface area contributed by atoms with Crippen molar-refractivity contribution in [3.8, 4) is 0 Å². The summed E-state index contributed by atoms with van der Waals surface area (Å²) in [6.45, 7) is 0. The van der Waals surface area contributed by atoms with Gasteiger partial charge in [-0.15, -0.1) is 11.3 Å². The third-order valence-electron chi connectivity index (χ3n) is 1.24. The minimum Gasteiger partial charge on any atom is -0.411 e. The fraction of sp³-hybridized carbons (Fsp3) is 0.286. The number of hydrogen-bond acceptors (Lipinski definition) is 4. The van der Waals surface area contributed by atoms with Gasteiger partial charge >= 0.3 is 0 Å². The summed E-state index contributed by atoms with van der Waals surface area (Å²) in [7, 11) is 3.96. The molecule has 0 spiro atoms. The van der Waals surface area contributed by atoms with Crippen LogP contribution in [0.1, 0.15) is 4.88 Å². The maximum absolute atomic E-state index is 8.23. The van der Waals surface area contributed by atoms with Gasteiger partial charge in [-0.05, 0) is 12.1 Å². The zero-order valence-corrected chi connectivity index (χ0v) is 7.30. The van der Waals surface area contributed by atoms with Crippen LogP contribution in [0.5, 0.6) is 0 Å². The van der Waals surface area contributed by atoms with Crippen LogP contribution < -0.4 is 4.90 Å². The van der Waals surface area contributed by atoms with Gasteiger partial charge in [-0.1, -0.05) is 5.16 Å². The van der Waals surface area contributed by atoms with Crippen LogP contribution in [0.3, 0.4) is 0 Å². The summed E-state index contributed by atoms with van der Waals surface area (Å²) in [6, 6.07) is 3.90. The highest BCUT2D eigenvalue weighted by Crippen LogP contribution is 2.22. The molecule has 0 amide bonds. The molecule has 0 bridgehead atoms. The Labute approximate surface area is 69.6 Å². The van der Waals surface area contributed by atoms with Crippen molar-refractivity contribution in [1.82, 2.24) is 0 Å². The molecule has 0 aliphatic rings. The van der Waals surface area contributed by atoms with Gasteiger partial charge < -0.3 is 10.1 Å². The Kier molecular flexibility index (Phi) is 2.48. The van der Waals surface area contributed by atoms with Crippen molar-refractivity contribution >= 4 is 22.6 Å². The van der Waals surface area contributed by atoms with Crippen LogP contribution in [0, 0.1) is 0 Å². The number of anilines is 1. The van der Waals surface area contributed by atoms with Crippen molar-refractivity contribution in [2.75, 3.05) is 19.0 Å². The van der Waals surface area contributed by atoms with Crippen molar-refractivity contribution in [2.24, 2.45) is 5.16 Å². The van der Waals surface area contributed by atoms with Crippen molar-refractivity contribution in [3.05, 3.63) is 17.0 Å². The zero-order valence-electron chi connectivity index (χ0n) is 6.48. The lowest BCUT2D eigenvalue weighted by Gasteiger charge is -2.06. The monoisotopic (exact) mass is 170 g/mol. The van der Waals surface area contributed by atoms with E-state index in [-0.39, 0.29) is 0 Å². The van der Waals surface area contributed by atoms with Gasteiger partial charge in [-0.2, -0.15) is 0 Å². The molecule has 0 saturated carbocycles. The Balaban J connectivity index is 2.81. The van der Waals surface area contributed by atoms with Gasteiger partial charge in [0.2, 0.25) is 0 Å². The van der Waals surface area contributed by atoms with Crippen LogP contribution in [0.25, 0.3) is 0 Å². The highest BCUT2D eigenvalue weighted by molar-refractivity contribution is 7.17. The van der Waals surface area contributed by atoms with E-state index in [1.807, 2.05) is 31.1 Å². The van der Waals surface area contributed by atoms with Gasteiger partial charge in [-0.3, -0.25) is 0 Å². The second-order valence-corrected chi connectivity index (χ2v) is 3.41. The van der Waals surface area contributed by atoms with Crippen LogP contribution in [0.4, 0.5) is 5.00 Å². The first-order valence-electron chi connectivity index (χ1n) is 3.18. The van der Waals surface area contributed by atoms with Gasteiger partial charge in [0, 0.05) is 14.1 Å². The van der Waals surface area contributed by atoms with Crippen molar-refractivity contribution < 1.29 is 5.21 Å². The third kappa shape index (κ3) is 1.94. The molecule has 1 aromatic heterocycles. The van der Waals surface area contributed by atoms with Gasteiger partial charge in [0.05, 0.1) is 16.1 Å². The number of hydrogen-bond donors (Lipinski definition) is 1. The normalized spacial score (nSPS) is 10.7. The van der Waals surface area contributed by atoms with Gasteiger partial charge in [0.15, 0.2) is 0 Å². The number of thiophene rings is 1. The van der Waals surface area contributed by atoms with E-state index >= 15 is 0 Å². The summed E-state index contributed by atoms with van der Waals surface area (Å²) in [5, 5.41) is 12.3. The average molecular weight is 170 g/mol. The van der Waals surface area contributed by atoms with E-state index in [0.717, 1.165) is 9.88 Å². The summed E-state index contributed by atoms with van der Waals surface area (Å²) in [5.74, 6) is 0. The molecule has 0 aliphatic heterocycles. The topological polar surface area (TPSA) is 35.8 Å². The summed E-state index contributed by atoms with van der Waals surface area (Å²) in [4.78, 5) is 2.97. The lowest BCUT2D eigenvalue weighted by Crippen LogP contribution is -2.05. The highest BCUT2D eigenvalue weighted by atomic mass is 32.1. The molecule has 4 heteroatoms. The van der Waals surface area contributed by atoms with Crippen molar-refractivity contribution in [2.45, 2.75) is 0 Å². The van der Waals surface area contributed by atoms with Crippen LogP contribution >= 0.6 is 11.3 Å². The molecule has 0 aliphatic carbocycles. The minimum absolute atomic E-state index is 0.955. The summed E-state index contributed by atoms with van der Waals surface area (Å²) < 4.78 is 0. The molecule has 0 unspecified atom stereocenters. The predicted octanol–water partition coefficient (Wildman–Crippen LogP) is 1.62. The Hall–Kier alpha value is -1.03. The Morgan fingerprint density at radius 3 is 2.73 bits per heavy atom. The molecule has 1 N–H and O–H groups in total. The molecule has 0 aromatic carbocycles. The summed E-state index contributed by atoms with van der Waals surface area (Å²) in [6.07, 6.45) is 1.43. The number of rotatable bonds is 2. The first-order valence-corrected chi connectivity index (χ1v) is 4.00. The number of oxime groups is 1. The molecule has 0 saturated heterocycles. The standard InChI is InChI=1S/C7H10N2OS/c1-9(2)7-4-3-6(11-7)5-8-10/h3-5,10H,1-2H3/b8-5+. The Bertz CT molecular complexity index is 255. The number of nitrogens with zero attached hydrogens (tertiary/aromatic N) is 2. The first kappa shape index (κ1) is 8.07. The largest absolute Gasteiger partial charge is 0.411 e. The molecule has 1 heterocycles. The molecule has 1 rings (SSSR count). The van der Waals surface area contributed by atoms with Crippen molar-refractivity contribution in [1.29, 1.82) is 0 Å². The van der Waals surface area contributed by atoms with E-state index in [2.05, 4.69) is 5.16 Å². The van der Waals surface area contributed by atoms with E-state index in [1.54, 1.807) is 11.3 Å². The highest BCUT2D eigenvalue weighted by Gasteiger charge is 1.98. The Morgan fingerprint density at radius 2 is 2.27 bits per heavy atom. The molecule has 60 valence electrons. The van der Waals surface area contributed by atoms with E-state index < -0.39 is 0 Å². The van der Waals surface area contributed by atoms with Gasteiger partial charge in [0.1, 0.15) is 0 Å². The molecule has 0 atom stereocenters. The SMILES string of the molecule is CN(C)c1ccc(/C=N/O)s1. The van der Waals surface area contributed by atoms with E-state index in [1.165, 1.54) is 6.21 Å². The second-order valence-electron chi connectivity index (χ2n) is 2.31. The molecule has 1 aromatic rings. The fourth-order valence-electron chi connectivity index (χ4n) is 0.709. The Morgan fingerprint density at radius 1 is 1.55 bits per heavy atom. The third-order valence-corrected chi connectivity index (χ3v) is 2.43. The fourth-order valence-corrected chi connectivity index (χ4v) is 1.50. The molecule has 3 nitrogen and oxygen atoms in total. The second kappa shape index (κ2) is 3.39. The van der Waals surface area contributed by atoms with Gasteiger partial charge in [-0.25, -0.2) is 0 Å². The van der Waals surface area contributed by atoms with E-state index in [9.17, 15) is 0 Å². The summed E-state index contributed by atoms with van der Waals surface area (Å²) >= 11 is 1.58. The maximum atomic E-state index is 8.23. The van der Waals surface area contributed by atoms with Crippen LogP contribution in [-0.4, -0.2) is 25.5 Å². The predicted molar refractivity (Wildman–Crippen MR) is 48.0 cm³/mol. The molecule has 11 heavy (non-hydrogen) atoms. The van der Waals surface area contributed by atoms with Crippen LogP contribution in [0.2, 0.25) is 0 Å². The van der Waals surface area contributed by atoms with Crippen molar-refractivity contribution in [3.63, 3.8) is 0 Å². The molecule has 0 radical (unpaired) electrons. The van der Waals surface area contributed by atoms with Crippen LogP contribution in [0.15, 0.2) is 17.3 Å². The molecule has 0 fully saturated rings. The lowest BCUT2D eigenvalue weighted by atomic mass is 10.5.